The van der Waals surface area contributed by atoms with Crippen molar-refractivity contribution in [2.24, 2.45) is 5.73 Å². The van der Waals surface area contributed by atoms with E-state index in [9.17, 15) is 0 Å². The third kappa shape index (κ3) is 2.27. The molecule has 0 atom stereocenters. The van der Waals surface area contributed by atoms with Crippen molar-refractivity contribution >= 4 is 46.1 Å². The summed E-state index contributed by atoms with van der Waals surface area (Å²) in [4.78, 5) is 0. The molecule has 2 N–H and O–H groups in total. The zero-order chi connectivity index (χ0) is 9.14. The van der Waals surface area contributed by atoms with Crippen LogP contribution >= 0.6 is 34.5 Å². The van der Waals surface area contributed by atoms with Crippen LogP contribution in [0.1, 0.15) is 0 Å². The summed E-state index contributed by atoms with van der Waals surface area (Å²) in [6.07, 6.45) is 1.50. The Morgan fingerprint density at radius 2 is 2.25 bits per heavy atom. The largest absolute Gasteiger partial charge is 0.389 e. The normalized spacial score (nSPS) is 14.7. The van der Waals surface area contributed by atoms with Crippen LogP contribution in [0.3, 0.4) is 0 Å². The molecule has 0 fully saturated rings. The highest BCUT2D eigenvalue weighted by Gasteiger charge is 1.92. The van der Waals surface area contributed by atoms with Crippen LogP contribution in [0.15, 0.2) is 22.7 Å². The van der Waals surface area contributed by atoms with E-state index in [-0.39, 0.29) is 5.16 Å². The van der Waals surface area contributed by atoms with E-state index < -0.39 is 0 Å². The lowest BCUT2D eigenvalue weighted by Crippen LogP contribution is -2.16. The number of rotatable bonds is 1. The fourth-order valence-corrected chi connectivity index (χ4v) is 2.03. The van der Waals surface area contributed by atoms with E-state index in [0.717, 1.165) is 9.75 Å². The van der Waals surface area contributed by atoms with Crippen molar-refractivity contribution < 1.29 is 0 Å². The maximum atomic E-state index is 5.89. The molecule has 0 unspecified atom stereocenters. The minimum absolute atomic E-state index is 0.174. The Balaban J connectivity index is 3.35. The van der Waals surface area contributed by atoms with Gasteiger partial charge in [-0.1, -0.05) is 29.8 Å². The van der Waals surface area contributed by atoms with Gasteiger partial charge in [-0.2, -0.15) is 0 Å². The molecule has 1 aromatic heterocycles. The topological polar surface area (TPSA) is 26.0 Å². The summed E-state index contributed by atoms with van der Waals surface area (Å²) >= 11 is 12.9. The minimum Gasteiger partial charge on any atom is -0.389 e. The molecule has 0 aliphatic heterocycles. The average molecular weight is 220 g/mol. The SMILES string of the molecule is C=c1ccs/c1=C(Cl)/C=C(\N)Cl. The van der Waals surface area contributed by atoms with Crippen LogP contribution in [-0.2, 0) is 0 Å². The molecule has 1 rings (SSSR count). The standard InChI is InChI=1S/C8H7Cl2NS/c1-5-2-3-12-8(5)6(9)4-7(10)11/h2-4H,1,11H2/b7-4-,8-6-. The molecule has 64 valence electrons. The number of nitrogens with two attached hydrogens (primary N) is 1. The van der Waals surface area contributed by atoms with Gasteiger partial charge in [0, 0.05) is 0 Å². The van der Waals surface area contributed by atoms with Gasteiger partial charge in [-0.3, -0.25) is 0 Å². The smallest absolute Gasteiger partial charge is 0.101 e. The second-order valence-corrected chi connectivity index (χ2v) is 3.91. The Morgan fingerprint density at radius 3 is 2.67 bits per heavy atom. The van der Waals surface area contributed by atoms with Gasteiger partial charge in [0.15, 0.2) is 0 Å². The first-order valence-corrected chi connectivity index (χ1v) is 4.79. The number of hydrogen-bond acceptors (Lipinski definition) is 2. The quantitative estimate of drug-likeness (QED) is 0.714. The molecule has 4 heteroatoms. The van der Waals surface area contributed by atoms with Crippen LogP contribution in [0.25, 0.3) is 11.6 Å². The molecular weight excluding hydrogens is 213 g/mol. The lowest BCUT2D eigenvalue weighted by atomic mass is 10.4. The maximum Gasteiger partial charge on any atom is 0.101 e. The van der Waals surface area contributed by atoms with Crippen molar-refractivity contribution in [3.63, 3.8) is 0 Å². The highest BCUT2D eigenvalue weighted by molar-refractivity contribution is 7.08. The third-order valence-electron chi connectivity index (χ3n) is 1.23. The van der Waals surface area contributed by atoms with Crippen LogP contribution in [0, 0.1) is 0 Å². The van der Waals surface area contributed by atoms with Gasteiger partial charge in [-0.15, -0.1) is 11.3 Å². The Hall–Kier alpha value is -0.440. The zero-order valence-electron chi connectivity index (χ0n) is 6.18. The first-order chi connectivity index (χ1) is 5.61. The minimum atomic E-state index is 0.174. The number of allylic oxidation sites excluding steroid dienone is 1. The molecule has 0 aliphatic rings. The van der Waals surface area contributed by atoms with E-state index in [2.05, 4.69) is 6.58 Å². The van der Waals surface area contributed by atoms with Crippen molar-refractivity contribution in [2.45, 2.75) is 0 Å². The van der Waals surface area contributed by atoms with E-state index in [1.807, 2.05) is 11.4 Å². The molecule has 0 aliphatic carbocycles. The Labute approximate surface area is 84.4 Å². The predicted molar refractivity (Wildman–Crippen MR) is 56.5 cm³/mol. The molecule has 1 aromatic rings. The molecule has 0 bridgehead atoms. The molecule has 0 saturated carbocycles. The molecule has 1 heterocycles. The first-order valence-electron chi connectivity index (χ1n) is 3.16. The summed E-state index contributed by atoms with van der Waals surface area (Å²) in [5.74, 6) is 0. The Bertz CT molecular complexity index is 401. The second-order valence-electron chi connectivity index (χ2n) is 2.15. The van der Waals surface area contributed by atoms with E-state index in [1.165, 1.54) is 17.4 Å². The van der Waals surface area contributed by atoms with Gasteiger partial charge in [-0.05, 0) is 22.7 Å². The number of halogens is 2. The summed E-state index contributed by atoms with van der Waals surface area (Å²) in [7, 11) is 0. The zero-order valence-corrected chi connectivity index (χ0v) is 8.51. The van der Waals surface area contributed by atoms with E-state index in [4.69, 9.17) is 28.9 Å². The first kappa shape index (κ1) is 9.65. The van der Waals surface area contributed by atoms with E-state index >= 15 is 0 Å². The fraction of sp³-hybridized carbons (Fsp3) is 0. The van der Waals surface area contributed by atoms with Crippen LogP contribution in [0.5, 0.6) is 0 Å². The Morgan fingerprint density at radius 1 is 1.58 bits per heavy atom. The van der Waals surface area contributed by atoms with Gasteiger partial charge in [0.05, 0.1) is 9.56 Å². The fourth-order valence-electron chi connectivity index (χ4n) is 0.732. The van der Waals surface area contributed by atoms with Crippen LogP contribution < -0.4 is 15.5 Å². The molecule has 1 nitrogen and oxygen atoms in total. The molecule has 0 saturated heterocycles. The van der Waals surface area contributed by atoms with Crippen molar-refractivity contribution in [3.8, 4) is 0 Å². The van der Waals surface area contributed by atoms with Gasteiger partial charge in [-0.25, -0.2) is 0 Å². The van der Waals surface area contributed by atoms with Crippen molar-refractivity contribution in [1.82, 2.24) is 0 Å². The Kier molecular flexibility index (Phi) is 3.20. The van der Waals surface area contributed by atoms with Crippen LogP contribution in [0.2, 0.25) is 0 Å². The number of hydrogen-bond donors (Lipinski definition) is 1. The highest BCUT2D eigenvalue weighted by Crippen LogP contribution is 2.06. The summed E-state index contributed by atoms with van der Waals surface area (Å²) < 4.78 is 0.903. The summed E-state index contributed by atoms with van der Waals surface area (Å²) in [6.45, 7) is 3.80. The summed E-state index contributed by atoms with van der Waals surface area (Å²) in [5, 5.41) is 3.51. The summed E-state index contributed by atoms with van der Waals surface area (Å²) in [6, 6.07) is 1.89. The van der Waals surface area contributed by atoms with Gasteiger partial charge < -0.3 is 5.73 Å². The maximum absolute atomic E-state index is 5.89. The average Bonchev–Trinajstić information content (AvgIpc) is 2.33. The van der Waals surface area contributed by atoms with Gasteiger partial charge in [0.25, 0.3) is 0 Å². The third-order valence-corrected chi connectivity index (χ3v) is 2.74. The van der Waals surface area contributed by atoms with Crippen molar-refractivity contribution in [2.75, 3.05) is 0 Å². The molecular formula is C8H7Cl2NS. The second kappa shape index (κ2) is 3.99. The molecule has 0 radical (unpaired) electrons. The predicted octanol–water partition coefficient (Wildman–Crippen LogP) is 1.54. The monoisotopic (exact) mass is 219 g/mol. The lowest BCUT2D eigenvalue weighted by molar-refractivity contribution is 1.54. The van der Waals surface area contributed by atoms with E-state index in [1.54, 1.807) is 0 Å². The van der Waals surface area contributed by atoms with Crippen LogP contribution in [-0.4, -0.2) is 0 Å². The van der Waals surface area contributed by atoms with E-state index in [0.29, 0.717) is 5.03 Å². The molecule has 0 amide bonds. The van der Waals surface area contributed by atoms with Gasteiger partial charge in [0.1, 0.15) is 5.16 Å². The van der Waals surface area contributed by atoms with Crippen molar-refractivity contribution in [1.29, 1.82) is 0 Å². The van der Waals surface area contributed by atoms with Gasteiger partial charge in [0.2, 0.25) is 0 Å². The number of thiophene rings is 1. The molecule has 0 aromatic carbocycles. The lowest BCUT2D eigenvalue weighted by Gasteiger charge is -1.87. The highest BCUT2D eigenvalue weighted by atomic mass is 35.5. The summed E-state index contributed by atoms with van der Waals surface area (Å²) in [5.41, 5.74) is 5.25. The molecule has 0 spiro atoms. The van der Waals surface area contributed by atoms with Crippen molar-refractivity contribution in [3.05, 3.63) is 32.4 Å². The van der Waals surface area contributed by atoms with Crippen LogP contribution in [0.4, 0.5) is 0 Å². The van der Waals surface area contributed by atoms with Gasteiger partial charge >= 0.3 is 0 Å². The molecule has 12 heavy (non-hydrogen) atoms.